The van der Waals surface area contributed by atoms with Crippen molar-refractivity contribution in [3.05, 3.63) is 23.0 Å². The second kappa shape index (κ2) is 6.67. The smallest absolute Gasteiger partial charge is 0.256 e. The number of aromatic nitrogens is 4. The van der Waals surface area contributed by atoms with Gasteiger partial charge in [0, 0.05) is 32.7 Å². The van der Waals surface area contributed by atoms with E-state index in [2.05, 4.69) is 20.6 Å². The fourth-order valence-electron chi connectivity index (χ4n) is 3.07. The Hall–Kier alpha value is -1.93. The monoisotopic (exact) mass is 321 g/mol. The second-order valence-electron chi connectivity index (χ2n) is 5.85. The molecule has 0 unspecified atom stereocenters. The van der Waals surface area contributed by atoms with Gasteiger partial charge in [0.15, 0.2) is 5.82 Å². The fourth-order valence-corrected chi connectivity index (χ4v) is 3.07. The lowest BCUT2D eigenvalue weighted by atomic mass is 10.0. The van der Waals surface area contributed by atoms with Gasteiger partial charge in [-0.3, -0.25) is 0 Å². The van der Waals surface area contributed by atoms with Crippen molar-refractivity contribution < 1.29 is 14.0 Å². The minimum Gasteiger partial charge on any atom is -0.481 e. The first-order chi connectivity index (χ1) is 11.1. The number of nitrogens with zero attached hydrogens (tertiary/aromatic N) is 4. The quantitative estimate of drug-likeness (QED) is 0.858. The predicted octanol–water partition coefficient (Wildman–Crippen LogP) is 1.30. The zero-order valence-electron chi connectivity index (χ0n) is 14.0. The van der Waals surface area contributed by atoms with Crippen LogP contribution in [-0.2, 0) is 18.3 Å². The lowest BCUT2D eigenvalue weighted by Gasteiger charge is -2.15. The van der Waals surface area contributed by atoms with Crippen LogP contribution in [0.5, 0.6) is 5.88 Å². The van der Waals surface area contributed by atoms with Crippen LogP contribution in [0, 0.1) is 19.8 Å². The van der Waals surface area contributed by atoms with Crippen LogP contribution in [0.1, 0.15) is 35.5 Å². The van der Waals surface area contributed by atoms with Crippen molar-refractivity contribution in [1.82, 2.24) is 25.2 Å². The first-order valence-corrected chi connectivity index (χ1v) is 7.79. The van der Waals surface area contributed by atoms with E-state index < -0.39 is 0 Å². The van der Waals surface area contributed by atoms with Gasteiger partial charge in [-0.25, -0.2) is 4.68 Å². The van der Waals surface area contributed by atoms with Crippen molar-refractivity contribution >= 4 is 0 Å². The summed E-state index contributed by atoms with van der Waals surface area (Å²) in [7, 11) is 3.55. The number of aryl methyl sites for hydroxylation is 3. The third-order valence-corrected chi connectivity index (χ3v) is 4.19. The van der Waals surface area contributed by atoms with E-state index in [0.717, 1.165) is 30.1 Å². The minimum absolute atomic E-state index is 0.124. The number of hydrogen-bond acceptors (Lipinski definition) is 7. The maximum atomic E-state index is 5.76. The average Bonchev–Trinajstić information content (AvgIpc) is 3.19. The van der Waals surface area contributed by atoms with E-state index in [1.807, 2.05) is 20.9 Å². The SMILES string of the molecule is COc1c(CNC[C@@H]2CCO[C@@H]2c2nc(C)no2)c(C)nn1C. The molecule has 3 rings (SSSR count). The summed E-state index contributed by atoms with van der Waals surface area (Å²) >= 11 is 0. The van der Waals surface area contributed by atoms with Crippen LogP contribution < -0.4 is 10.1 Å². The number of methoxy groups -OCH3 is 1. The molecule has 2 atom stereocenters. The van der Waals surface area contributed by atoms with Gasteiger partial charge in [-0.15, -0.1) is 0 Å². The summed E-state index contributed by atoms with van der Waals surface area (Å²) < 4.78 is 18.2. The Labute approximate surface area is 135 Å². The molecule has 126 valence electrons. The Morgan fingerprint density at radius 1 is 1.39 bits per heavy atom. The highest BCUT2D eigenvalue weighted by molar-refractivity contribution is 5.30. The molecule has 0 aliphatic carbocycles. The highest BCUT2D eigenvalue weighted by atomic mass is 16.5. The lowest BCUT2D eigenvalue weighted by molar-refractivity contribution is 0.0623. The number of ether oxygens (including phenoxy) is 2. The summed E-state index contributed by atoms with van der Waals surface area (Å²) in [4.78, 5) is 4.29. The molecule has 0 bridgehead atoms. The summed E-state index contributed by atoms with van der Waals surface area (Å²) in [6.45, 7) is 6.03. The zero-order chi connectivity index (χ0) is 16.4. The molecule has 1 aliphatic heterocycles. The fraction of sp³-hybridized carbons (Fsp3) is 0.667. The first kappa shape index (κ1) is 15.9. The van der Waals surface area contributed by atoms with E-state index in [4.69, 9.17) is 14.0 Å². The van der Waals surface area contributed by atoms with Gasteiger partial charge in [-0.1, -0.05) is 5.16 Å². The largest absolute Gasteiger partial charge is 0.481 e. The van der Waals surface area contributed by atoms with Crippen LogP contribution in [-0.4, -0.2) is 40.2 Å². The lowest BCUT2D eigenvalue weighted by Crippen LogP contribution is -2.25. The Bertz CT molecular complexity index is 666. The molecule has 2 aromatic heterocycles. The van der Waals surface area contributed by atoms with Crippen LogP contribution in [0.2, 0.25) is 0 Å². The van der Waals surface area contributed by atoms with Crippen LogP contribution in [0.4, 0.5) is 0 Å². The van der Waals surface area contributed by atoms with Crippen LogP contribution in [0.25, 0.3) is 0 Å². The van der Waals surface area contributed by atoms with Crippen molar-refractivity contribution in [1.29, 1.82) is 0 Å². The molecule has 0 aromatic carbocycles. The topological polar surface area (TPSA) is 87.2 Å². The minimum atomic E-state index is -0.124. The van der Waals surface area contributed by atoms with Gasteiger partial charge in [-0.05, 0) is 20.3 Å². The van der Waals surface area contributed by atoms with Crippen LogP contribution >= 0.6 is 0 Å². The van der Waals surface area contributed by atoms with E-state index in [1.54, 1.807) is 11.8 Å². The molecule has 0 amide bonds. The van der Waals surface area contributed by atoms with Gasteiger partial charge in [0.25, 0.3) is 5.89 Å². The summed E-state index contributed by atoms with van der Waals surface area (Å²) in [5.74, 6) is 2.32. The van der Waals surface area contributed by atoms with E-state index in [9.17, 15) is 0 Å². The normalized spacial score (nSPS) is 21.0. The molecular weight excluding hydrogens is 298 g/mol. The molecule has 1 saturated heterocycles. The molecule has 8 nitrogen and oxygen atoms in total. The Morgan fingerprint density at radius 2 is 2.22 bits per heavy atom. The molecule has 8 heteroatoms. The predicted molar refractivity (Wildman–Crippen MR) is 82.0 cm³/mol. The second-order valence-corrected chi connectivity index (χ2v) is 5.85. The van der Waals surface area contributed by atoms with E-state index in [-0.39, 0.29) is 6.10 Å². The maximum absolute atomic E-state index is 5.76. The van der Waals surface area contributed by atoms with E-state index >= 15 is 0 Å². The molecule has 0 radical (unpaired) electrons. The Morgan fingerprint density at radius 3 is 2.91 bits per heavy atom. The van der Waals surface area contributed by atoms with Crippen LogP contribution in [0.15, 0.2) is 4.52 Å². The molecule has 2 aromatic rings. The van der Waals surface area contributed by atoms with Gasteiger partial charge in [0.1, 0.15) is 6.10 Å². The number of rotatable bonds is 6. The molecule has 0 spiro atoms. The van der Waals surface area contributed by atoms with Crippen LogP contribution in [0.3, 0.4) is 0 Å². The number of nitrogens with one attached hydrogen (secondary N) is 1. The molecular formula is C15H23N5O3. The Kier molecular flexibility index (Phi) is 4.63. The van der Waals surface area contributed by atoms with Crippen molar-refractivity contribution in [3.8, 4) is 5.88 Å². The van der Waals surface area contributed by atoms with Crippen molar-refractivity contribution in [3.63, 3.8) is 0 Å². The molecule has 0 saturated carbocycles. The maximum Gasteiger partial charge on any atom is 0.256 e. The van der Waals surface area contributed by atoms with Gasteiger partial charge in [0.2, 0.25) is 5.88 Å². The van der Waals surface area contributed by atoms with Gasteiger partial charge >= 0.3 is 0 Å². The molecule has 1 fully saturated rings. The standard InChI is InChI=1S/C15H23N5O3/c1-9-12(15(21-4)20(3)18-9)8-16-7-11-5-6-22-13(11)14-17-10(2)19-23-14/h11,13,16H,5-8H2,1-4H3/t11-,13-/m0/s1. The Balaban J connectivity index is 1.60. The van der Waals surface area contributed by atoms with Gasteiger partial charge < -0.3 is 19.3 Å². The van der Waals surface area contributed by atoms with Gasteiger partial charge in [0.05, 0.1) is 18.4 Å². The third-order valence-electron chi connectivity index (χ3n) is 4.19. The molecule has 1 aliphatic rings. The highest BCUT2D eigenvalue weighted by Crippen LogP contribution is 2.33. The first-order valence-electron chi connectivity index (χ1n) is 7.79. The zero-order valence-corrected chi connectivity index (χ0v) is 14.0. The average molecular weight is 321 g/mol. The van der Waals surface area contributed by atoms with Gasteiger partial charge in [-0.2, -0.15) is 10.1 Å². The van der Waals surface area contributed by atoms with Crippen molar-refractivity contribution in [2.45, 2.75) is 32.9 Å². The van der Waals surface area contributed by atoms with E-state index in [1.165, 1.54) is 0 Å². The molecule has 1 N–H and O–H groups in total. The summed E-state index contributed by atoms with van der Waals surface area (Å²) in [5, 5.41) is 11.7. The summed E-state index contributed by atoms with van der Waals surface area (Å²) in [6.07, 6.45) is 0.850. The summed E-state index contributed by atoms with van der Waals surface area (Å²) in [6, 6.07) is 0. The molecule has 23 heavy (non-hydrogen) atoms. The number of hydrogen-bond donors (Lipinski definition) is 1. The third kappa shape index (κ3) is 3.23. The van der Waals surface area contributed by atoms with Crippen molar-refractivity contribution in [2.24, 2.45) is 13.0 Å². The molecule has 3 heterocycles. The summed E-state index contributed by atoms with van der Waals surface area (Å²) in [5.41, 5.74) is 2.06. The van der Waals surface area contributed by atoms with E-state index in [0.29, 0.717) is 30.8 Å². The highest BCUT2D eigenvalue weighted by Gasteiger charge is 2.33. The van der Waals surface area contributed by atoms with Crippen molar-refractivity contribution in [2.75, 3.05) is 20.3 Å².